The Kier molecular flexibility index (Phi) is 0.745. The van der Waals surface area contributed by atoms with Crippen LogP contribution < -0.4 is 0 Å². The van der Waals surface area contributed by atoms with Gasteiger partial charge in [-0.1, -0.05) is 0 Å². The van der Waals surface area contributed by atoms with Crippen LogP contribution in [0.15, 0.2) is 12.0 Å². The minimum Gasteiger partial charge on any atom is -0.477 e. The van der Waals surface area contributed by atoms with Gasteiger partial charge in [0.15, 0.2) is 5.88 Å². The van der Waals surface area contributed by atoms with Crippen molar-refractivity contribution in [2.75, 3.05) is 19.7 Å². The highest BCUT2D eigenvalue weighted by molar-refractivity contribution is 5.03. The minimum absolute atomic E-state index is 0.895. The number of hydrogen-bond donors (Lipinski definition) is 0. The first-order chi connectivity index (χ1) is 3.97. The summed E-state index contributed by atoms with van der Waals surface area (Å²) in [5.74, 6) is 1.12. The SMILES string of the molecule is C1=C2OCCN2CC1. The van der Waals surface area contributed by atoms with E-state index in [1.54, 1.807) is 0 Å². The third-order valence-electron chi connectivity index (χ3n) is 1.64. The molecule has 44 valence electrons. The fraction of sp³-hybridized carbons (Fsp3) is 0.667. The van der Waals surface area contributed by atoms with Crippen LogP contribution in [0.25, 0.3) is 0 Å². The van der Waals surface area contributed by atoms with Crippen LogP contribution >= 0.6 is 0 Å². The monoisotopic (exact) mass is 111 g/mol. The number of hydrogen-bond acceptors (Lipinski definition) is 2. The largest absolute Gasteiger partial charge is 0.477 e. The summed E-state index contributed by atoms with van der Waals surface area (Å²) in [6.45, 7) is 3.17. The molecular weight excluding hydrogens is 102 g/mol. The van der Waals surface area contributed by atoms with Crippen molar-refractivity contribution in [2.24, 2.45) is 0 Å². The summed E-state index contributed by atoms with van der Waals surface area (Å²) in [4.78, 5) is 2.28. The summed E-state index contributed by atoms with van der Waals surface area (Å²) in [6.07, 6.45) is 3.34. The molecule has 0 bridgehead atoms. The van der Waals surface area contributed by atoms with E-state index in [1.165, 1.54) is 13.0 Å². The van der Waals surface area contributed by atoms with E-state index >= 15 is 0 Å². The molecule has 2 rings (SSSR count). The second kappa shape index (κ2) is 1.41. The molecule has 0 atom stereocenters. The normalized spacial score (nSPS) is 25.0. The Bertz CT molecular complexity index is 130. The molecule has 0 aromatic carbocycles. The fourth-order valence-corrected chi connectivity index (χ4v) is 1.22. The lowest BCUT2D eigenvalue weighted by Gasteiger charge is -2.07. The van der Waals surface area contributed by atoms with Crippen molar-refractivity contribution in [3.05, 3.63) is 12.0 Å². The van der Waals surface area contributed by atoms with Gasteiger partial charge in [-0.05, 0) is 12.5 Å². The Morgan fingerprint density at radius 3 is 3.38 bits per heavy atom. The lowest BCUT2D eigenvalue weighted by molar-refractivity contribution is 0.246. The highest BCUT2D eigenvalue weighted by atomic mass is 16.5. The average molecular weight is 111 g/mol. The van der Waals surface area contributed by atoms with Crippen LogP contribution in [0.4, 0.5) is 0 Å². The zero-order valence-corrected chi connectivity index (χ0v) is 4.76. The van der Waals surface area contributed by atoms with E-state index in [9.17, 15) is 0 Å². The number of rotatable bonds is 0. The first-order valence-electron chi connectivity index (χ1n) is 3.05. The molecule has 0 aliphatic carbocycles. The smallest absolute Gasteiger partial charge is 0.185 e. The minimum atomic E-state index is 0.895. The molecule has 0 spiro atoms. The van der Waals surface area contributed by atoms with Crippen LogP contribution in [0.3, 0.4) is 0 Å². The second-order valence-corrected chi connectivity index (χ2v) is 2.17. The van der Waals surface area contributed by atoms with Gasteiger partial charge in [0.25, 0.3) is 0 Å². The molecule has 0 radical (unpaired) electrons. The standard InChI is InChI=1S/C6H9NO/c1-2-6-7(3-1)4-5-8-6/h2H,1,3-5H2. The maximum atomic E-state index is 5.26. The molecular formula is C6H9NO. The van der Waals surface area contributed by atoms with Gasteiger partial charge in [-0.15, -0.1) is 0 Å². The summed E-state index contributed by atoms with van der Waals surface area (Å²) < 4.78 is 5.26. The van der Waals surface area contributed by atoms with Crippen molar-refractivity contribution in [3.8, 4) is 0 Å². The zero-order chi connectivity index (χ0) is 5.40. The van der Waals surface area contributed by atoms with Crippen LogP contribution in [0, 0.1) is 0 Å². The van der Waals surface area contributed by atoms with E-state index in [4.69, 9.17) is 4.74 Å². The molecule has 0 aromatic heterocycles. The molecule has 2 heteroatoms. The summed E-state index contributed by atoms with van der Waals surface area (Å²) in [5.41, 5.74) is 0. The Hall–Kier alpha value is -0.660. The Morgan fingerprint density at radius 1 is 1.50 bits per heavy atom. The van der Waals surface area contributed by atoms with Crippen molar-refractivity contribution < 1.29 is 4.74 Å². The lowest BCUT2D eigenvalue weighted by Crippen LogP contribution is -2.14. The topological polar surface area (TPSA) is 12.5 Å². The highest BCUT2D eigenvalue weighted by Gasteiger charge is 2.20. The highest BCUT2D eigenvalue weighted by Crippen LogP contribution is 2.19. The van der Waals surface area contributed by atoms with Crippen molar-refractivity contribution in [1.29, 1.82) is 0 Å². The second-order valence-electron chi connectivity index (χ2n) is 2.17. The Morgan fingerprint density at radius 2 is 2.50 bits per heavy atom. The van der Waals surface area contributed by atoms with E-state index in [0.717, 1.165) is 19.0 Å². The van der Waals surface area contributed by atoms with Gasteiger partial charge in [-0.25, -0.2) is 0 Å². The molecule has 8 heavy (non-hydrogen) atoms. The molecule has 2 aliphatic rings. The van der Waals surface area contributed by atoms with E-state index in [2.05, 4.69) is 11.0 Å². The van der Waals surface area contributed by atoms with Crippen LogP contribution in [0.2, 0.25) is 0 Å². The van der Waals surface area contributed by atoms with Crippen molar-refractivity contribution >= 4 is 0 Å². The van der Waals surface area contributed by atoms with Gasteiger partial charge < -0.3 is 9.64 Å². The molecule has 2 aliphatic heterocycles. The van der Waals surface area contributed by atoms with E-state index in [0.29, 0.717) is 0 Å². The van der Waals surface area contributed by atoms with Gasteiger partial charge >= 0.3 is 0 Å². The van der Waals surface area contributed by atoms with Gasteiger partial charge in [-0.2, -0.15) is 0 Å². The quantitative estimate of drug-likeness (QED) is 0.453. The first-order valence-corrected chi connectivity index (χ1v) is 3.05. The summed E-state index contributed by atoms with van der Waals surface area (Å²) in [5, 5.41) is 0. The predicted molar refractivity (Wildman–Crippen MR) is 30.2 cm³/mol. The molecule has 0 aromatic rings. The molecule has 1 fully saturated rings. The van der Waals surface area contributed by atoms with Crippen LogP contribution in [-0.2, 0) is 4.74 Å². The molecule has 1 saturated heterocycles. The van der Waals surface area contributed by atoms with Crippen molar-refractivity contribution in [2.45, 2.75) is 6.42 Å². The molecule has 2 heterocycles. The first kappa shape index (κ1) is 4.24. The number of ether oxygens (including phenoxy) is 1. The fourth-order valence-electron chi connectivity index (χ4n) is 1.22. The number of fused-ring (bicyclic) bond motifs is 1. The van der Waals surface area contributed by atoms with Gasteiger partial charge in [0.2, 0.25) is 0 Å². The van der Waals surface area contributed by atoms with Crippen LogP contribution in [0.1, 0.15) is 6.42 Å². The van der Waals surface area contributed by atoms with Gasteiger partial charge in [-0.3, -0.25) is 0 Å². The Balaban J connectivity index is 2.20. The van der Waals surface area contributed by atoms with Gasteiger partial charge in [0, 0.05) is 6.54 Å². The lowest BCUT2D eigenvalue weighted by atomic mass is 10.5. The van der Waals surface area contributed by atoms with Crippen LogP contribution in [0.5, 0.6) is 0 Å². The van der Waals surface area contributed by atoms with Gasteiger partial charge in [0.1, 0.15) is 6.61 Å². The number of nitrogens with zero attached hydrogens (tertiary/aromatic N) is 1. The average Bonchev–Trinajstić information content (AvgIpc) is 2.15. The summed E-state index contributed by atoms with van der Waals surface area (Å²) >= 11 is 0. The van der Waals surface area contributed by atoms with Gasteiger partial charge in [0.05, 0.1) is 6.54 Å². The third kappa shape index (κ3) is 0.427. The summed E-state index contributed by atoms with van der Waals surface area (Å²) in [6, 6.07) is 0. The van der Waals surface area contributed by atoms with Crippen molar-refractivity contribution in [1.82, 2.24) is 4.90 Å². The van der Waals surface area contributed by atoms with E-state index < -0.39 is 0 Å². The molecule has 0 N–H and O–H groups in total. The maximum Gasteiger partial charge on any atom is 0.185 e. The van der Waals surface area contributed by atoms with E-state index in [1.807, 2.05) is 0 Å². The zero-order valence-electron chi connectivity index (χ0n) is 4.76. The molecule has 0 unspecified atom stereocenters. The van der Waals surface area contributed by atoms with Crippen LogP contribution in [-0.4, -0.2) is 24.6 Å². The maximum absolute atomic E-state index is 5.26. The molecule has 2 nitrogen and oxygen atoms in total. The predicted octanol–water partition coefficient (Wildman–Crippen LogP) is 0.564. The van der Waals surface area contributed by atoms with E-state index in [-0.39, 0.29) is 0 Å². The third-order valence-corrected chi connectivity index (χ3v) is 1.64. The Labute approximate surface area is 48.7 Å². The summed E-state index contributed by atoms with van der Waals surface area (Å²) in [7, 11) is 0. The molecule has 0 saturated carbocycles. The molecule has 0 amide bonds. The van der Waals surface area contributed by atoms with Crippen molar-refractivity contribution in [3.63, 3.8) is 0 Å².